The molecule has 2 aliphatic rings. The number of aliphatic hydroxyl groups is 1. The lowest BCUT2D eigenvalue weighted by Gasteiger charge is -2.34. The van der Waals surface area contributed by atoms with Crippen molar-refractivity contribution >= 4 is 11.6 Å². The van der Waals surface area contributed by atoms with E-state index in [1.165, 1.54) is 0 Å². The van der Waals surface area contributed by atoms with E-state index >= 15 is 0 Å². The number of benzene rings is 1. The maximum Gasteiger partial charge on any atom is 0.276 e. The molecule has 2 atom stereocenters. The second kappa shape index (κ2) is 2.82. The number of anilines is 1. The van der Waals surface area contributed by atoms with Crippen molar-refractivity contribution in [2.24, 2.45) is 0 Å². The summed E-state index contributed by atoms with van der Waals surface area (Å²) in [4.78, 5) is 15.5. The SMILES string of the molecule is CN1C[C@@]2(C)c3ccccc3N(C)[C@@]2(O)C1=O. The van der Waals surface area contributed by atoms with Gasteiger partial charge in [-0.15, -0.1) is 0 Å². The van der Waals surface area contributed by atoms with Gasteiger partial charge in [-0.3, -0.25) is 4.79 Å². The third-order valence-electron chi connectivity index (χ3n) is 4.31. The number of carbonyl (C=O) groups is 1. The molecule has 2 aliphatic heterocycles. The second-order valence-corrected chi connectivity index (χ2v) is 5.24. The van der Waals surface area contributed by atoms with Crippen LogP contribution in [0.1, 0.15) is 12.5 Å². The molecule has 0 aromatic heterocycles. The van der Waals surface area contributed by atoms with Crippen LogP contribution in [0.2, 0.25) is 0 Å². The van der Waals surface area contributed by atoms with E-state index in [4.69, 9.17) is 0 Å². The summed E-state index contributed by atoms with van der Waals surface area (Å²) in [5.74, 6) is -0.223. The van der Waals surface area contributed by atoms with E-state index < -0.39 is 11.1 Å². The molecule has 17 heavy (non-hydrogen) atoms. The van der Waals surface area contributed by atoms with E-state index in [9.17, 15) is 9.90 Å². The highest BCUT2D eigenvalue weighted by atomic mass is 16.3. The Balaban J connectivity index is 2.30. The van der Waals surface area contributed by atoms with Crippen LogP contribution in [0, 0.1) is 0 Å². The molecule has 1 amide bonds. The average Bonchev–Trinajstić information content (AvgIpc) is 2.60. The zero-order valence-corrected chi connectivity index (χ0v) is 10.3. The van der Waals surface area contributed by atoms with E-state index in [0.29, 0.717) is 6.54 Å². The highest BCUT2D eigenvalue weighted by Crippen LogP contribution is 2.53. The van der Waals surface area contributed by atoms with E-state index in [1.54, 1.807) is 23.9 Å². The lowest BCUT2D eigenvalue weighted by molar-refractivity contribution is -0.143. The first-order chi connectivity index (χ1) is 7.93. The highest BCUT2D eigenvalue weighted by Gasteiger charge is 2.67. The van der Waals surface area contributed by atoms with Crippen LogP contribution in [0.5, 0.6) is 0 Å². The molecule has 0 saturated carbocycles. The van der Waals surface area contributed by atoms with Crippen molar-refractivity contribution in [2.45, 2.75) is 18.1 Å². The minimum Gasteiger partial charge on any atom is -0.362 e. The van der Waals surface area contributed by atoms with Gasteiger partial charge in [0.2, 0.25) is 5.72 Å². The van der Waals surface area contributed by atoms with Crippen LogP contribution in [-0.4, -0.2) is 42.3 Å². The molecule has 0 bridgehead atoms. The number of carbonyl (C=O) groups excluding carboxylic acids is 1. The number of amides is 1. The first-order valence-electron chi connectivity index (χ1n) is 5.74. The van der Waals surface area contributed by atoms with Gasteiger partial charge in [-0.1, -0.05) is 18.2 Å². The lowest BCUT2D eigenvalue weighted by atomic mass is 9.78. The summed E-state index contributed by atoms with van der Waals surface area (Å²) in [7, 11) is 3.52. The van der Waals surface area contributed by atoms with Gasteiger partial charge in [-0.2, -0.15) is 0 Å². The summed E-state index contributed by atoms with van der Waals surface area (Å²) in [6.07, 6.45) is 0. The lowest BCUT2D eigenvalue weighted by Crippen LogP contribution is -2.58. The summed E-state index contributed by atoms with van der Waals surface area (Å²) >= 11 is 0. The number of likely N-dealkylation sites (tertiary alicyclic amines) is 1. The van der Waals surface area contributed by atoms with Crippen molar-refractivity contribution < 1.29 is 9.90 Å². The topological polar surface area (TPSA) is 43.8 Å². The van der Waals surface area contributed by atoms with Crippen molar-refractivity contribution in [1.82, 2.24) is 4.90 Å². The number of nitrogens with zero attached hydrogens (tertiary/aromatic N) is 2. The summed E-state index contributed by atoms with van der Waals surface area (Å²) in [6, 6.07) is 7.82. The molecule has 90 valence electrons. The molecule has 3 rings (SSSR count). The van der Waals surface area contributed by atoms with E-state index in [0.717, 1.165) is 11.3 Å². The van der Waals surface area contributed by atoms with Gasteiger partial charge in [0, 0.05) is 26.3 Å². The van der Waals surface area contributed by atoms with Gasteiger partial charge < -0.3 is 14.9 Å². The fourth-order valence-corrected chi connectivity index (χ4v) is 3.35. The third-order valence-corrected chi connectivity index (χ3v) is 4.31. The molecule has 1 saturated heterocycles. The summed E-state index contributed by atoms with van der Waals surface area (Å²) in [5.41, 5.74) is -0.00282. The summed E-state index contributed by atoms with van der Waals surface area (Å²) in [6.45, 7) is 2.50. The molecule has 0 spiro atoms. The largest absolute Gasteiger partial charge is 0.362 e. The molecule has 0 aliphatic carbocycles. The monoisotopic (exact) mass is 232 g/mol. The van der Waals surface area contributed by atoms with Crippen molar-refractivity contribution in [2.75, 3.05) is 25.5 Å². The van der Waals surface area contributed by atoms with Gasteiger partial charge in [-0.05, 0) is 18.6 Å². The molecular weight excluding hydrogens is 216 g/mol. The van der Waals surface area contributed by atoms with Crippen molar-refractivity contribution in [3.63, 3.8) is 0 Å². The number of para-hydroxylation sites is 1. The Hall–Kier alpha value is -1.55. The van der Waals surface area contributed by atoms with Crippen LogP contribution < -0.4 is 4.90 Å². The Kier molecular flexibility index (Phi) is 1.76. The van der Waals surface area contributed by atoms with Gasteiger partial charge >= 0.3 is 0 Å². The van der Waals surface area contributed by atoms with Crippen molar-refractivity contribution in [3.8, 4) is 0 Å². The third kappa shape index (κ3) is 0.916. The quantitative estimate of drug-likeness (QED) is 0.710. The van der Waals surface area contributed by atoms with Gasteiger partial charge in [-0.25, -0.2) is 0 Å². The molecule has 1 aromatic rings. The van der Waals surface area contributed by atoms with E-state index in [-0.39, 0.29) is 5.91 Å². The number of rotatable bonds is 0. The molecule has 4 nitrogen and oxygen atoms in total. The van der Waals surface area contributed by atoms with Gasteiger partial charge in [0.1, 0.15) is 0 Å². The Morgan fingerprint density at radius 2 is 1.94 bits per heavy atom. The van der Waals surface area contributed by atoms with E-state index in [1.807, 2.05) is 31.2 Å². The van der Waals surface area contributed by atoms with Crippen LogP contribution in [0.15, 0.2) is 24.3 Å². The predicted molar refractivity (Wildman–Crippen MR) is 64.8 cm³/mol. The minimum absolute atomic E-state index is 0.223. The van der Waals surface area contributed by atoms with Crippen LogP contribution in [0.4, 0.5) is 5.69 Å². The average molecular weight is 232 g/mol. The smallest absolute Gasteiger partial charge is 0.276 e. The van der Waals surface area contributed by atoms with Gasteiger partial charge in [0.25, 0.3) is 5.91 Å². The van der Waals surface area contributed by atoms with Gasteiger partial charge in [0.15, 0.2) is 0 Å². The molecule has 2 heterocycles. The number of hydrogen-bond acceptors (Lipinski definition) is 3. The van der Waals surface area contributed by atoms with Crippen molar-refractivity contribution in [1.29, 1.82) is 0 Å². The Bertz CT molecular complexity index is 516. The molecule has 0 radical (unpaired) electrons. The van der Waals surface area contributed by atoms with Crippen LogP contribution in [0.3, 0.4) is 0 Å². The first-order valence-corrected chi connectivity index (χ1v) is 5.74. The Labute approximate surface area is 100 Å². The fraction of sp³-hybridized carbons (Fsp3) is 0.462. The molecular formula is C13H16N2O2. The zero-order valence-electron chi connectivity index (χ0n) is 10.3. The maximum absolute atomic E-state index is 12.2. The number of fused-ring (bicyclic) bond motifs is 3. The maximum atomic E-state index is 12.2. The van der Waals surface area contributed by atoms with E-state index in [2.05, 4.69) is 0 Å². The van der Waals surface area contributed by atoms with Crippen molar-refractivity contribution in [3.05, 3.63) is 29.8 Å². The normalized spacial score (nSPS) is 35.2. The number of likely N-dealkylation sites (N-methyl/N-ethyl adjacent to an activating group) is 2. The molecule has 1 N–H and O–H groups in total. The fourth-order valence-electron chi connectivity index (χ4n) is 3.35. The Morgan fingerprint density at radius 3 is 2.65 bits per heavy atom. The first kappa shape index (κ1) is 10.6. The second-order valence-electron chi connectivity index (χ2n) is 5.24. The summed E-state index contributed by atoms with van der Waals surface area (Å²) < 4.78 is 0. The molecule has 0 unspecified atom stereocenters. The van der Waals surface area contributed by atoms with Crippen LogP contribution >= 0.6 is 0 Å². The standard InChI is InChI=1S/C13H16N2O2/c1-12-8-14(2)11(16)13(12,17)15(3)10-7-5-4-6-9(10)12/h4-7,17H,8H2,1-3H3/t12-,13+/m0/s1. The molecule has 1 fully saturated rings. The summed E-state index contributed by atoms with van der Waals surface area (Å²) in [5, 5.41) is 10.9. The predicted octanol–water partition coefficient (Wildman–Crippen LogP) is 0.555. The zero-order chi connectivity index (χ0) is 12.4. The van der Waals surface area contributed by atoms with Crippen LogP contribution in [-0.2, 0) is 10.2 Å². The molecule has 4 heteroatoms. The highest BCUT2D eigenvalue weighted by molar-refractivity contribution is 5.96. The number of hydrogen-bond donors (Lipinski definition) is 1. The van der Waals surface area contributed by atoms with Crippen LogP contribution in [0.25, 0.3) is 0 Å². The molecule has 1 aromatic carbocycles. The Morgan fingerprint density at radius 1 is 1.29 bits per heavy atom. The van der Waals surface area contributed by atoms with Gasteiger partial charge in [0.05, 0.1) is 5.41 Å². The minimum atomic E-state index is -1.44.